The summed E-state index contributed by atoms with van der Waals surface area (Å²) < 4.78 is 11.2. The van der Waals surface area contributed by atoms with Crippen LogP contribution in [0.3, 0.4) is 0 Å². The highest BCUT2D eigenvalue weighted by Gasteiger charge is 2.17. The molecule has 1 aromatic rings. The van der Waals surface area contributed by atoms with Gasteiger partial charge in [0.15, 0.2) is 5.78 Å². The Bertz CT molecular complexity index is 579. The van der Waals surface area contributed by atoms with E-state index in [0.29, 0.717) is 6.54 Å². The molecule has 1 aromatic carbocycles. The first-order valence-electron chi connectivity index (χ1n) is 10.0. The molecule has 2 aliphatic heterocycles. The maximum Gasteiger partial charge on any atom is 0.177 e. The van der Waals surface area contributed by atoms with Gasteiger partial charge in [-0.25, -0.2) is 0 Å². The van der Waals surface area contributed by atoms with E-state index < -0.39 is 0 Å². The van der Waals surface area contributed by atoms with Crippen LogP contribution in [0.25, 0.3) is 0 Å². The lowest BCUT2D eigenvalue weighted by atomic mass is 10.0. The molecule has 0 atom stereocenters. The standard InChI is InChI=1S/C21H32N2O3/c1-18-16-19(26-13-5-10-22-8-3-2-4-9-22)6-7-20(18)21(24)17-23-11-14-25-15-12-23/h6-7,16H,2-5,8-15,17H2,1H3. The number of carbonyl (C=O) groups excluding carboxylic acids is 1. The van der Waals surface area contributed by atoms with Gasteiger partial charge in [-0.1, -0.05) is 6.42 Å². The van der Waals surface area contributed by atoms with Gasteiger partial charge in [0.25, 0.3) is 0 Å². The van der Waals surface area contributed by atoms with Gasteiger partial charge in [-0.05, 0) is 63.0 Å². The molecule has 5 nitrogen and oxygen atoms in total. The molecule has 0 saturated carbocycles. The van der Waals surface area contributed by atoms with Crippen molar-refractivity contribution in [3.05, 3.63) is 29.3 Å². The Kier molecular flexibility index (Phi) is 7.47. The third-order valence-corrected chi connectivity index (χ3v) is 5.31. The largest absolute Gasteiger partial charge is 0.494 e. The van der Waals surface area contributed by atoms with Crippen LogP contribution in [0, 0.1) is 6.92 Å². The van der Waals surface area contributed by atoms with Crippen molar-refractivity contribution < 1.29 is 14.3 Å². The molecule has 0 aliphatic carbocycles. The van der Waals surface area contributed by atoms with Crippen molar-refractivity contribution in [2.75, 3.05) is 59.1 Å². The van der Waals surface area contributed by atoms with Crippen molar-refractivity contribution in [1.82, 2.24) is 9.80 Å². The second-order valence-corrected chi connectivity index (χ2v) is 7.39. The zero-order valence-electron chi connectivity index (χ0n) is 16.0. The zero-order chi connectivity index (χ0) is 18.2. The van der Waals surface area contributed by atoms with Crippen LogP contribution in [0.15, 0.2) is 18.2 Å². The molecule has 5 heteroatoms. The quantitative estimate of drug-likeness (QED) is 0.527. The van der Waals surface area contributed by atoms with Gasteiger partial charge in [0, 0.05) is 25.2 Å². The summed E-state index contributed by atoms with van der Waals surface area (Å²) in [6.45, 7) is 9.90. The minimum Gasteiger partial charge on any atom is -0.494 e. The van der Waals surface area contributed by atoms with Crippen molar-refractivity contribution in [2.24, 2.45) is 0 Å². The molecule has 2 saturated heterocycles. The van der Waals surface area contributed by atoms with Crippen LogP contribution in [0.4, 0.5) is 0 Å². The first kappa shape index (κ1) is 19.3. The van der Waals surface area contributed by atoms with Crippen LogP contribution in [0.2, 0.25) is 0 Å². The molecule has 3 rings (SSSR count). The van der Waals surface area contributed by atoms with Gasteiger partial charge in [-0.15, -0.1) is 0 Å². The van der Waals surface area contributed by atoms with Crippen LogP contribution in [-0.4, -0.2) is 74.7 Å². The molecule has 26 heavy (non-hydrogen) atoms. The molecule has 0 amide bonds. The van der Waals surface area contributed by atoms with Crippen molar-refractivity contribution in [1.29, 1.82) is 0 Å². The van der Waals surface area contributed by atoms with Crippen molar-refractivity contribution >= 4 is 5.78 Å². The summed E-state index contributed by atoms with van der Waals surface area (Å²) in [6.07, 6.45) is 5.10. The number of nitrogens with zero attached hydrogens (tertiary/aromatic N) is 2. The van der Waals surface area contributed by atoms with Gasteiger partial charge in [-0.3, -0.25) is 9.69 Å². The molecule has 0 N–H and O–H groups in total. The van der Waals surface area contributed by atoms with E-state index in [1.165, 1.54) is 32.4 Å². The molecule has 2 fully saturated rings. The molecule has 2 heterocycles. The minimum absolute atomic E-state index is 0.182. The van der Waals surface area contributed by atoms with E-state index in [2.05, 4.69) is 9.80 Å². The lowest BCUT2D eigenvalue weighted by molar-refractivity contribution is 0.0371. The molecular formula is C21H32N2O3. The molecule has 0 spiro atoms. The van der Waals surface area contributed by atoms with Gasteiger partial charge in [0.05, 0.1) is 26.4 Å². The van der Waals surface area contributed by atoms with E-state index in [0.717, 1.165) is 62.8 Å². The number of morpholine rings is 1. The fraction of sp³-hybridized carbons (Fsp3) is 0.667. The highest BCUT2D eigenvalue weighted by atomic mass is 16.5. The maximum atomic E-state index is 12.6. The van der Waals surface area contributed by atoms with E-state index in [-0.39, 0.29) is 5.78 Å². The highest BCUT2D eigenvalue weighted by molar-refractivity contribution is 5.99. The molecular weight excluding hydrogens is 328 g/mol. The molecule has 2 aliphatic rings. The van der Waals surface area contributed by atoms with Crippen LogP contribution in [-0.2, 0) is 4.74 Å². The van der Waals surface area contributed by atoms with Crippen LogP contribution < -0.4 is 4.74 Å². The predicted molar refractivity (Wildman–Crippen MR) is 103 cm³/mol. The topological polar surface area (TPSA) is 42.0 Å². The van der Waals surface area contributed by atoms with Crippen molar-refractivity contribution in [3.63, 3.8) is 0 Å². The normalized spacial score (nSPS) is 19.4. The number of hydrogen-bond donors (Lipinski definition) is 0. The second-order valence-electron chi connectivity index (χ2n) is 7.39. The number of ketones is 1. The number of carbonyl (C=O) groups is 1. The van der Waals surface area contributed by atoms with Crippen LogP contribution in [0.1, 0.15) is 41.6 Å². The highest BCUT2D eigenvalue weighted by Crippen LogP contribution is 2.19. The van der Waals surface area contributed by atoms with E-state index in [4.69, 9.17) is 9.47 Å². The monoisotopic (exact) mass is 360 g/mol. The van der Waals surface area contributed by atoms with E-state index in [1.807, 2.05) is 25.1 Å². The number of benzene rings is 1. The first-order chi connectivity index (χ1) is 12.7. The Labute approximate surface area is 157 Å². The number of likely N-dealkylation sites (tertiary alicyclic amines) is 1. The number of rotatable bonds is 8. The summed E-state index contributed by atoms with van der Waals surface area (Å²) in [7, 11) is 0. The fourth-order valence-electron chi connectivity index (χ4n) is 3.75. The summed E-state index contributed by atoms with van der Waals surface area (Å²) in [4.78, 5) is 17.2. The molecule has 144 valence electrons. The van der Waals surface area contributed by atoms with E-state index in [1.54, 1.807) is 0 Å². The maximum absolute atomic E-state index is 12.6. The number of ether oxygens (including phenoxy) is 2. The SMILES string of the molecule is Cc1cc(OCCCN2CCCCC2)ccc1C(=O)CN1CCOCC1. The molecule has 0 radical (unpaired) electrons. The first-order valence-corrected chi connectivity index (χ1v) is 10.0. The molecule has 0 unspecified atom stereocenters. The number of hydrogen-bond acceptors (Lipinski definition) is 5. The fourth-order valence-corrected chi connectivity index (χ4v) is 3.75. The summed E-state index contributed by atoms with van der Waals surface area (Å²) >= 11 is 0. The summed E-state index contributed by atoms with van der Waals surface area (Å²) in [5.74, 6) is 1.05. The van der Waals surface area contributed by atoms with Crippen molar-refractivity contribution in [2.45, 2.75) is 32.6 Å². The lowest BCUT2D eigenvalue weighted by Crippen LogP contribution is -2.39. The van der Waals surface area contributed by atoms with Crippen LogP contribution in [0.5, 0.6) is 5.75 Å². The average Bonchev–Trinajstić information content (AvgIpc) is 2.67. The van der Waals surface area contributed by atoms with Gasteiger partial charge < -0.3 is 14.4 Å². The van der Waals surface area contributed by atoms with E-state index >= 15 is 0 Å². The number of piperidine rings is 1. The summed E-state index contributed by atoms with van der Waals surface area (Å²) in [5, 5.41) is 0. The zero-order valence-corrected chi connectivity index (χ0v) is 16.0. The predicted octanol–water partition coefficient (Wildman–Crippen LogP) is 2.76. The van der Waals surface area contributed by atoms with Gasteiger partial charge in [0.1, 0.15) is 5.75 Å². The Morgan fingerprint density at radius 1 is 1.08 bits per heavy atom. The smallest absolute Gasteiger partial charge is 0.177 e. The Hall–Kier alpha value is -1.43. The Balaban J connectivity index is 1.43. The summed E-state index contributed by atoms with van der Waals surface area (Å²) in [6, 6.07) is 5.84. The van der Waals surface area contributed by atoms with Gasteiger partial charge >= 0.3 is 0 Å². The molecule has 0 bridgehead atoms. The van der Waals surface area contributed by atoms with Gasteiger partial charge in [-0.2, -0.15) is 0 Å². The minimum atomic E-state index is 0.182. The average molecular weight is 360 g/mol. The number of aryl methyl sites for hydroxylation is 1. The lowest BCUT2D eigenvalue weighted by Gasteiger charge is -2.26. The number of Topliss-reactive ketones (excluding diaryl/α,β-unsaturated/α-hetero) is 1. The van der Waals surface area contributed by atoms with E-state index in [9.17, 15) is 4.79 Å². The molecule has 0 aromatic heterocycles. The van der Waals surface area contributed by atoms with Crippen molar-refractivity contribution in [3.8, 4) is 5.75 Å². The van der Waals surface area contributed by atoms with Gasteiger partial charge in [0.2, 0.25) is 0 Å². The second kappa shape index (κ2) is 10.0. The third-order valence-electron chi connectivity index (χ3n) is 5.31. The Morgan fingerprint density at radius 3 is 2.58 bits per heavy atom. The van der Waals surface area contributed by atoms with Crippen LogP contribution >= 0.6 is 0 Å². The summed E-state index contributed by atoms with van der Waals surface area (Å²) in [5.41, 5.74) is 1.80. The Morgan fingerprint density at radius 2 is 1.85 bits per heavy atom. The third kappa shape index (κ3) is 5.79.